The summed E-state index contributed by atoms with van der Waals surface area (Å²) in [6.07, 6.45) is 15.7. The van der Waals surface area contributed by atoms with E-state index < -0.39 is 40.4 Å². The number of nitrogens with one attached hydrogen (secondary N) is 2. The van der Waals surface area contributed by atoms with Crippen molar-refractivity contribution < 1.29 is 29.4 Å². The molecular formula is C45H70N4O6S. The Kier molecular flexibility index (Phi) is 17.8. The van der Waals surface area contributed by atoms with Crippen molar-refractivity contribution in [3.8, 4) is 10.4 Å². The molecule has 1 aromatic carbocycles. The molecule has 0 radical (unpaired) electrons. The number of carboxylic acids is 1. The zero-order valence-corrected chi connectivity index (χ0v) is 36.4. The van der Waals surface area contributed by atoms with Crippen LogP contribution in [0.1, 0.15) is 156 Å². The number of carbonyl (C=O) groups is 4. The van der Waals surface area contributed by atoms with Crippen LogP contribution in [0, 0.1) is 23.2 Å². The molecule has 4 atom stereocenters. The summed E-state index contributed by atoms with van der Waals surface area (Å²) in [6, 6.07) is 5.98. The highest BCUT2D eigenvalue weighted by molar-refractivity contribution is 7.13. The highest BCUT2D eigenvalue weighted by Crippen LogP contribution is 2.31. The molecule has 0 saturated carbocycles. The molecule has 10 nitrogen and oxygen atoms in total. The smallest absolute Gasteiger partial charge is 0.309 e. The van der Waals surface area contributed by atoms with Crippen molar-refractivity contribution >= 4 is 35.0 Å². The highest BCUT2D eigenvalue weighted by atomic mass is 32.1. The molecule has 312 valence electrons. The zero-order chi connectivity index (χ0) is 41.7. The first-order valence-corrected chi connectivity index (χ1v) is 21.6. The summed E-state index contributed by atoms with van der Waals surface area (Å²) in [5.41, 5.74) is 2.85. The summed E-state index contributed by atoms with van der Waals surface area (Å²) in [6.45, 7) is 17.1. The van der Waals surface area contributed by atoms with Crippen LogP contribution >= 0.6 is 11.3 Å². The van der Waals surface area contributed by atoms with Gasteiger partial charge in [0.1, 0.15) is 12.1 Å². The van der Waals surface area contributed by atoms with E-state index >= 15 is 0 Å². The van der Waals surface area contributed by atoms with Crippen LogP contribution in [0.3, 0.4) is 0 Å². The van der Waals surface area contributed by atoms with Crippen LogP contribution in [0.2, 0.25) is 0 Å². The number of hydrogen-bond donors (Lipinski definition) is 4. The second-order valence-electron chi connectivity index (χ2n) is 18.2. The van der Waals surface area contributed by atoms with Gasteiger partial charge in [-0.3, -0.25) is 19.2 Å². The second kappa shape index (κ2) is 21.3. The topological polar surface area (TPSA) is 149 Å². The average molecular weight is 795 g/mol. The van der Waals surface area contributed by atoms with Gasteiger partial charge in [0.15, 0.2) is 0 Å². The van der Waals surface area contributed by atoms with Gasteiger partial charge in [0.25, 0.3) is 0 Å². The molecule has 0 aliphatic carbocycles. The van der Waals surface area contributed by atoms with Crippen molar-refractivity contribution in [2.24, 2.45) is 16.2 Å². The Balaban J connectivity index is 1.44. The summed E-state index contributed by atoms with van der Waals surface area (Å²) in [4.78, 5) is 59.7. The summed E-state index contributed by atoms with van der Waals surface area (Å²) in [5, 5.41) is 26.0. The lowest BCUT2D eigenvalue weighted by Crippen LogP contribution is -2.59. The summed E-state index contributed by atoms with van der Waals surface area (Å²) in [7, 11) is 0. The summed E-state index contributed by atoms with van der Waals surface area (Å²) < 4.78 is 0. The monoisotopic (exact) mass is 795 g/mol. The number of rotatable bonds is 22. The first kappa shape index (κ1) is 46.8. The van der Waals surface area contributed by atoms with E-state index in [9.17, 15) is 29.4 Å². The number of benzene rings is 1. The molecule has 3 rings (SSSR count). The quantitative estimate of drug-likeness (QED) is 0.0686. The third-order valence-corrected chi connectivity index (χ3v) is 12.2. The lowest BCUT2D eigenvalue weighted by molar-refractivity contribution is -0.147. The number of aliphatic hydroxyl groups excluding tert-OH is 1. The maximum atomic E-state index is 14.2. The third-order valence-electron chi connectivity index (χ3n) is 11.2. The van der Waals surface area contributed by atoms with Crippen molar-refractivity contribution in [2.75, 3.05) is 6.54 Å². The maximum absolute atomic E-state index is 14.2. The van der Waals surface area contributed by atoms with Crippen LogP contribution in [-0.2, 0) is 19.2 Å². The van der Waals surface area contributed by atoms with Crippen molar-refractivity contribution in [3.63, 3.8) is 0 Å². The fourth-order valence-electron chi connectivity index (χ4n) is 7.16. The van der Waals surface area contributed by atoms with Gasteiger partial charge in [-0.1, -0.05) is 110 Å². The van der Waals surface area contributed by atoms with Gasteiger partial charge in [-0.25, -0.2) is 4.98 Å². The number of carbonyl (C=O) groups excluding carboxylic acids is 3. The largest absolute Gasteiger partial charge is 0.481 e. The Morgan fingerprint density at radius 2 is 1.41 bits per heavy atom. The standard InChI is InChI=1S/C45H70N4O6S/c1-31(33-22-24-34(25-23-33)37-32(2)46-30-56-37)47-39(51)36-28-35(50)29-49(36)40(52)38(43(3,4)5)48-41(53)44(6,7)26-20-18-16-14-12-10-11-13-15-17-19-21-27-45(8,9)42(54)55/h10-11,22-25,30-31,35-36,38,50H,12-21,26-29H2,1-9H3,(H,47,51)(H,48,53)(H,54,55)/b11-10-/t31-,35+,36-,38+/m0/s1. The molecule has 1 aromatic heterocycles. The zero-order valence-electron chi connectivity index (χ0n) is 35.6. The number of allylic oxidation sites excluding steroid dienone is 2. The minimum Gasteiger partial charge on any atom is -0.481 e. The van der Waals surface area contributed by atoms with Crippen LogP contribution in [0.5, 0.6) is 0 Å². The van der Waals surface area contributed by atoms with E-state index in [0.29, 0.717) is 6.42 Å². The average Bonchev–Trinajstić information content (AvgIpc) is 3.74. The Morgan fingerprint density at radius 3 is 1.93 bits per heavy atom. The molecule has 1 aliphatic heterocycles. The molecule has 1 saturated heterocycles. The number of hydrogen-bond acceptors (Lipinski definition) is 7. The highest BCUT2D eigenvalue weighted by Gasteiger charge is 2.45. The number of amides is 3. The van der Waals surface area contributed by atoms with Crippen molar-refractivity contribution in [1.82, 2.24) is 20.5 Å². The Bertz CT molecular complexity index is 1610. The van der Waals surface area contributed by atoms with E-state index in [1.54, 1.807) is 25.2 Å². The van der Waals surface area contributed by atoms with E-state index in [-0.39, 0.29) is 36.7 Å². The SMILES string of the molecule is Cc1ncsc1-c1ccc([C@H](C)NC(=O)[C@@H]2C[C@@H](O)CN2C(=O)[C@@H](NC(=O)C(C)(C)CCCCCC/C=C\CCCCCCC(C)(C)C(=O)O)C(C)(C)C)cc1. The molecule has 3 amide bonds. The summed E-state index contributed by atoms with van der Waals surface area (Å²) in [5.74, 6) is -1.60. The van der Waals surface area contributed by atoms with Crippen LogP contribution in [-0.4, -0.2) is 68.5 Å². The molecule has 0 spiro atoms. The van der Waals surface area contributed by atoms with Gasteiger partial charge in [-0.2, -0.15) is 0 Å². The maximum Gasteiger partial charge on any atom is 0.309 e. The molecule has 2 aromatic rings. The van der Waals surface area contributed by atoms with Gasteiger partial charge in [0.2, 0.25) is 17.7 Å². The molecule has 1 fully saturated rings. The number of nitrogens with zero attached hydrogens (tertiary/aromatic N) is 2. The van der Waals surface area contributed by atoms with Gasteiger partial charge >= 0.3 is 5.97 Å². The predicted molar refractivity (Wildman–Crippen MR) is 226 cm³/mol. The molecule has 0 unspecified atom stereocenters. The van der Waals surface area contributed by atoms with E-state index in [4.69, 9.17) is 0 Å². The normalized spacial score (nSPS) is 17.6. The van der Waals surface area contributed by atoms with Crippen LogP contribution in [0.25, 0.3) is 10.4 Å². The number of likely N-dealkylation sites (tertiary alicyclic amines) is 1. The van der Waals surface area contributed by atoms with Crippen LogP contribution in [0.15, 0.2) is 41.9 Å². The van der Waals surface area contributed by atoms with E-state index in [1.165, 1.54) is 4.90 Å². The fourth-order valence-corrected chi connectivity index (χ4v) is 7.98. The van der Waals surface area contributed by atoms with Crippen molar-refractivity contribution in [2.45, 2.75) is 170 Å². The lowest BCUT2D eigenvalue weighted by atomic mass is 9.82. The number of aromatic nitrogens is 1. The first-order valence-electron chi connectivity index (χ1n) is 20.7. The Labute approximate surface area is 340 Å². The molecule has 11 heteroatoms. The lowest BCUT2D eigenvalue weighted by Gasteiger charge is -2.37. The van der Waals surface area contributed by atoms with E-state index in [1.807, 2.05) is 78.2 Å². The minimum absolute atomic E-state index is 0.0318. The molecule has 4 N–H and O–H groups in total. The minimum atomic E-state index is -0.870. The molecular weight excluding hydrogens is 725 g/mol. The van der Waals surface area contributed by atoms with Crippen molar-refractivity contribution in [3.05, 3.63) is 53.2 Å². The number of aryl methyl sites for hydroxylation is 1. The van der Waals surface area contributed by atoms with Gasteiger partial charge < -0.3 is 25.7 Å². The van der Waals surface area contributed by atoms with Crippen molar-refractivity contribution in [1.29, 1.82) is 0 Å². The third kappa shape index (κ3) is 14.1. The first-order chi connectivity index (χ1) is 26.2. The van der Waals surface area contributed by atoms with Gasteiger partial charge in [0.05, 0.1) is 33.6 Å². The number of unbranched alkanes of at least 4 members (excludes halogenated alkanes) is 8. The molecule has 1 aliphatic rings. The number of β-amino-alcohol motifs (C(OH)–C–C–N with tert-alkyl or cyclic N) is 1. The number of thiazole rings is 1. The fraction of sp³-hybridized carbons (Fsp3) is 0.667. The van der Waals surface area contributed by atoms with Gasteiger partial charge in [0, 0.05) is 18.4 Å². The van der Waals surface area contributed by atoms with Gasteiger partial charge in [-0.05, 0) is 82.8 Å². The van der Waals surface area contributed by atoms with Gasteiger partial charge in [-0.15, -0.1) is 11.3 Å². The molecule has 0 bridgehead atoms. The van der Waals surface area contributed by atoms with Crippen LogP contribution in [0.4, 0.5) is 0 Å². The van der Waals surface area contributed by atoms with Crippen LogP contribution < -0.4 is 10.6 Å². The summed E-state index contributed by atoms with van der Waals surface area (Å²) >= 11 is 1.59. The second-order valence-corrected chi connectivity index (χ2v) is 19.1. The molecule has 2 heterocycles. The Morgan fingerprint density at radius 1 is 0.857 bits per heavy atom. The predicted octanol–water partition coefficient (Wildman–Crippen LogP) is 9.16. The number of aliphatic carboxylic acids is 1. The number of carboxylic acid groups (broad SMARTS) is 1. The van der Waals surface area contributed by atoms with E-state index in [0.717, 1.165) is 92.3 Å². The van der Waals surface area contributed by atoms with E-state index in [2.05, 4.69) is 27.8 Å². The number of aliphatic hydroxyl groups is 1. The Hall–Kier alpha value is -3.57. The molecule has 56 heavy (non-hydrogen) atoms.